The minimum Gasteiger partial charge on any atom is -0.465 e. The number of fused-ring (bicyclic) bond motifs is 1. The van der Waals surface area contributed by atoms with Crippen LogP contribution < -0.4 is 0 Å². The van der Waals surface area contributed by atoms with Crippen LogP contribution in [-0.4, -0.2) is 17.5 Å². The first-order chi connectivity index (χ1) is 6.72. The predicted octanol–water partition coefficient (Wildman–Crippen LogP) is 2.74. The molecule has 2 rings (SSSR count). The molecule has 2 aromatic rings. The summed E-state index contributed by atoms with van der Waals surface area (Å²) in [5, 5.41) is 1.34. The van der Waals surface area contributed by atoms with E-state index in [0.717, 1.165) is 10.1 Å². The Morgan fingerprint density at radius 1 is 1.57 bits per heavy atom. The number of benzene rings is 1. The van der Waals surface area contributed by atoms with Crippen LogP contribution in [0.3, 0.4) is 0 Å². The van der Waals surface area contributed by atoms with Crippen LogP contribution in [0.5, 0.6) is 0 Å². The second-order valence-corrected chi connectivity index (χ2v) is 3.84. The van der Waals surface area contributed by atoms with E-state index in [0.29, 0.717) is 10.7 Å². The van der Waals surface area contributed by atoms with Crippen LogP contribution in [0.25, 0.3) is 10.1 Å². The molecule has 1 heterocycles. The Morgan fingerprint density at radius 3 is 3.07 bits per heavy atom. The molecule has 3 nitrogen and oxygen atoms in total. The normalized spacial score (nSPS) is 10.4. The topological polar surface area (TPSA) is 39.2 Å². The van der Waals surface area contributed by atoms with Gasteiger partial charge in [0, 0.05) is 5.39 Å². The fraction of sp³-hybridized carbons (Fsp3) is 0.111. The van der Waals surface area contributed by atoms with E-state index in [1.807, 2.05) is 0 Å². The molecule has 0 aliphatic carbocycles. The molecule has 0 saturated heterocycles. The van der Waals surface area contributed by atoms with E-state index in [9.17, 15) is 4.79 Å². The molecule has 0 spiro atoms. The SMILES string of the molecule is COC(=O)c1ccc2c(Cl)nsc2c1. The Balaban J connectivity index is 2.57. The standard InChI is InChI=1S/C9H6ClNO2S/c1-13-9(12)5-2-3-6-7(4-5)14-11-8(6)10/h2-4H,1H3. The molecule has 0 radical (unpaired) electrons. The van der Waals surface area contributed by atoms with Crippen LogP contribution in [0.15, 0.2) is 18.2 Å². The highest BCUT2D eigenvalue weighted by atomic mass is 35.5. The number of rotatable bonds is 1. The molecule has 0 saturated carbocycles. The molecule has 0 N–H and O–H groups in total. The summed E-state index contributed by atoms with van der Waals surface area (Å²) in [7, 11) is 1.35. The quantitative estimate of drug-likeness (QED) is 0.704. The van der Waals surface area contributed by atoms with E-state index in [2.05, 4.69) is 9.11 Å². The summed E-state index contributed by atoms with van der Waals surface area (Å²) in [5.74, 6) is -0.351. The lowest BCUT2D eigenvalue weighted by atomic mass is 10.2. The lowest BCUT2D eigenvalue weighted by molar-refractivity contribution is 0.0601. The van der Waals surface area contributed by atoms with Crippen molar-refractivity contribution >= 4 is 39.2 Å². The minimum absolute atomic E-state index is 0.351. The zero-order valence-corrected chi connectivity index (χ0v) is 8.85. The van der Waals surface area contributed by atoms with Crippen molar-refractivity contribution in [3.63, 3.8) is 0 Å². The van der Waals surface area contributed by atoms with Gasteiger partial charge in [0.15, 0.2) is 5.15 Å². The van der Waals surface area contributed by atoms with Crippen molar-refractivity contribution in [3.05, 3.63) is 28.9 Å². The van der Waals surface area contributed by atoms with Crippen LogP contribution in [0.4, 0.5) is 0 Å². The molecule has 0 aliphatic heterocycles. The van der Waals surface area contributed by atoms with Crippen molar-refractivity contribution in [2.45, 2.75) is 0 Å². The molecule has 1 aromatic heterocycles. The molecular weight excluding hydrogens is 222 g/mol. The molecule has 0 amide bonds. The first kappa shape index (κ1) is 9.43. The largest absolute Gasteiger partial charge is 0.465 e. The number of hydrogen-bond donors (Lipinski definition) is 0. The third-order valence-corrected chi connectivity index (χ3v) is 3.05. The molecule has 5 heteroatoms. The number of methoxy groups -OCH3 is 1. The maximum absolute atomic E-state index is 11.2. The van der Waals surface area contributed by atoms with Crippen molar-refractivity contribution in [1.29, 1.82) is 0 Å². The number of carbonyl (C=O) groups is 1. The lowest BCUT2D eigenvalue weighted by Gasteiger charge is -1.97. The maximum Gasteiger partial charge on any atom is 0.337 e. The molecule has 72 valence electrons. The predicted molar refractivity (Wildman–Crippen MR) is 56.0 cm³/mol. The summed E-state index contributed by atoms with van der Waals surface area (Å²) in [6.45, 7) is 0. The van der Waals surface area contributed by atoms with Crippen molar-refractivity contribution in [2.24, 2.45) is 0 Å². The molecule has 0 fully saturated rings. The minimum atomic E-state index is -0.351. The van der Waals surface area contributed by atoms with Gasteiger partial charge in [-0.2, -0.15) is 4.37 Å². The van der Waals surface area contributed by atoms with E-state index in [1.165, 1.54) is 18.6 Å². The van der Waals surface area contributed by atoms with Crippen LogP contribution in [-0.2, 0) is 4.74 Å². The van der Waals surface area contributed by atoms with Crippen LogP contribution >= 0.6 is 23.1 Å². The zero-order valence-electron chi connectivity index (χ0n) is 7.28. The summed E-state index contributed by atoms with van der Waals surface area (Å²) in [5.41, 5.74) is 0.514. The van der Waals surface area contributed by atoms with Crippen molar-refractivity contribution in [3.8, 4) is 0 Å². The highest BCUT2D eigenvalue weighted by Gasteiger charge is 2.09. The fourth-order valence-electron chi connectivity index (χ4n) is 1.15. The Kier molecular flexibility index (Phi) is 2.39. The number of halogens is 1. The van der Waals surface area contributed by atoms with Gasteiger partial charge in [-0.05, 0) is 29.7 Å². The van der Waals surface area contributed by atoms with Gasteiger partial charge < -0.3 is 4.74 Å². The number of aromatic nitrogens is 1. The average molecular weight is 228 g/mol. The third-order valence-electron chi connectivity index (χ3n) is 1.85. The first-order valence-electron chi connectivity index (χ1n) is 3.85. The lowest BCUT2D eigenvalue weighted by Crippen LogP contribution is -1.99. The van der Waals surface area contributed by atoms with Gasteiger partial charge in [-0.3, -0.25) is 0 Å². The summed E-state index contributed by atoms with van der Waals surface area (Å²) in [4.78, 5) is 11.2. The Labute approximate surface area is 89.4 Å². The number of hydrogen-bond acceptors (Lipinski definition) is 4. The third kappa shape index (κ3) is 1.47. The zero-order chi connectivity index (χ0) is 10.1. The van der Waals surface area contributed by atoms with Gasteiger partial charge in [-0.25, -0.2) is 4.79 Å². The molecule has 0 atom stereocenters. The van der Waals surface area contributed by atoms with Gasteiger partial charge in [-0.1, -0.05) is 11.6 Å². The molecular formula is C9H6ClNO2S. The molecule has 14 heavy (non-hydrogen) atoms. The second kappa shape index (κ2) is 3.55. The highest BCUT2D eigenvalue weighted by Crippen LogP contribution is 2.27. The van der Waals surface area contributed by atoms with Crippen molar-refractivity contribution < 1.29 is 9.53 Å². The van der Waals surface area contributed by atoms with Gasteiger partial charge in [0.25, 0.3) is 0 Å². The first-order valence-corrected chi connectivity index (χ1v) is 5.01. The van der Waals surface area contributed by atoms with E-state index in [4.69, 9.17) is 11.6 Å². The summed E-state index contributed by atoms with van der Waals surface area (Å²) >= 11 is 7.09. The second-order valence-electron chi connectivity index (χ2n) is 2.68. The smallest absolute Gasteiger partial charge is 0.337 e. The van der Waals surface area contributed by atoms with Gasteiger partial charge in [0.05, 0.1) is 17.4 Å². The van der Waals surface area contributed by atoms with Crippen LogP contribution in [0.1, 0.15) is 10.4 Å². The number of esters is 1. The molecule has 0 unspecified atom stereocenters. The summed E-state index contributed by atoms with van der Waals surface area (Å²) in [6, 6.07) is 5.17. The van der Waals surface area contributed by atoms with E-state index >= 15 is 0 Å². The monoisotopic (exact) mass is 227 g/mol. The number of carbonyl (C=O) groups excluding carboxylic acids is 1. The Bertz CT molecular complexity index is 495. The van der Waals surface area contributed by atoms with Gasteiger partial charge in [-0.15, -0.1) is 0 Å². The van der Waals surface area contributed by atoms with Gasteiger partial charge >= 0.3 is 5.97 Å². The fourth-order valence-corrected chi connectivity index (χ4v) is 2.20. The molecule has 0 bridgehead atoms. The number of ether oxygens (including phenoxy) is 1. The Hall–Kier alpha value is -1.13. The molecule has 1 aromatic carbocycles. The van der Waals surface area contributed by atoms with Gasteiger partial charge in [0.2, 0.25) is 0 Å². The summed E-state index contributed by atoms with van der Waals surface area (Å²) in [6.07, 6.45) is 0. The van der Waals surface area contributed by atoms with E-state index in [1.54, 1.807) is 18.2 Å². The number of nitrogens with zero attached hydrogens (tertiary/aromatic N) is 1. The van der Waals surface area contributed by atoms with Gasteiger partial charge in [0.1, 0.15) is 0 Å². The maximum atomic E-state index is 11.2. The van der Waals surface area contributed by atoms with Crippen molar-refractivity contribution in [2.75, 3.05) is 7.11 Å². The Morgan fingerprint density at radius 2 is 2.36 bits per heavy atom. The highest BCUT2D eigenvalue weighted by molar-refractivity contribution is 7.13. The van der Waals surface area contributed by atoms with E-state index < -0.39 is 0 Å². The van der Waals surface area contributed by atoms with Crippen LogP contribution in [0, 0.1) is 0 Å². The summed E-state index contributed by atoms with van der Waals surface area (Å²) < 4.78 is 9.47. The van der Waals surface area contributed by atoms with E-state index in [-0.39, 0.29) is 5.97 Å². The molecule has 0 aliphatic rings. The average Bonchev–Trinajstić information content (AvgIpc) is 2.59. The van der Waals surface area contributed by atoms with Crippen LogP contribution in [0.2, 0.25) is 5.15 Å². The van der Waals surface area contributed by atoms with Crippen molar-refractivity contribution in [1.82, 2.24) is 4.37 Å².